The average Bonchev–Trinajstić information content (AvgIpc) is 2.59. The van der Waals surface area contributed by atoms with Crippen molar-refractivity contribution in [2.75, 3.05) is 32.7 Å². The highest BCUT2D eigenvalue weighted by Gasteiger charge is 2.14. The fraction of sp³-hybridized carbons (Fsp3) is 0.889. The largest absolute Gasteiger partial charge is 0.373 e. The maximum Gasteiger partial charge on any atom is 0.111 e. The second-order valence-corrected chi connectivity index (χ2v) is 3.59. The lowest BCUT2D eigenvalue weighted by Crippen LogP contribution is -2.38. The third kappa shape index (κ3) is 1.97. The molecule has 2 aliphatic heterocycles. The molecule has 0 bridgehead atoms. The van der Waals surface area contributed by atoms with Crippen molar-refractivity contribution in [2.45, 2.75) is 19.3 Å². The van der Waals surface area contributed by atoms with Crippen molar-refractivity contribution in [3.63, 3.8) is 0 Å². The van der Waals surface area contributed by atoms with E-state index in [1.54, 1.807) is 0 Å². The van der Waals surface area contributed by atoms with Gasteiger partial charge in [0.1, 0.15) is 5.84 Å². The Morgan fingerprint density at radius 1 is 1.25 bits per heavy atom. The zero-order valence-corrected chi connectivity index (χ0v) is 7.55. The van der Waals surface area contributed by atoms with E-state index in [4.69, 9.17) is 0 Å². The monoisotopic (exact) mass is 167 g/mol. The van der Waals surface area contributed by atoms with Crippen LogP contribution in [0, 0.1) is 0 Å². The molecule has 0 aliphatic carbocycles. The molecule has 1 N–H and O–H groups in total. The highest BCUT2D eigenvalue weighted by Crippen LogP contribution is 2.06. The van der Waals surface area contributed by atoms with Gasteiger partial charge in [-0.1, -0.05) is 0 Å². The Morgan fingerprint density at radius 2 is 2.08 bits per heavy atom. The lowest BCUT2D eigenvalue weighted by molar-refractivity contribution is 0.382. The van der Waals surface area contributed by atoms with Crippen LogP contribution in [0.2, 0.25) is 0 Å². The van der Waals surface area contributed by atoms with Crippen molar-refractivity contribution < 1.29 is 0 Å². The Kier molecular flexibility index (Phi) is 2.61. The Bertz CT molecular complexity index is 171. The number of hydrogen-bond donors (Lipinski definition) is 1. The average molecular weight is 167 g/mol. The van der Waals surface area contributed by atoms with Crippen LogP contribution < -0.4 is 5.32 Å². The lowest BCUT2D eigenvalue weighted by Gasteiger charge is -2.20. The molecule has 0 aromatic rings. The van der Waals surface area contributed by atoms with Gasteiger partial charge in [0.25, 0.3) is 0 Å². The number of rotatable bonds is 2. The van der Waals surface area contributed by atoms with Crippen molar-refractivity contribution in [3.05, 3.63) is 0 Å². The van der Waals surface area contributed by atoms with Gasteiger partial charge in [-0.15, -0.1) is 0 Å². The minimum absolute atomic E-state index is 1.02. The number of aliphatic imine (C=N–C) groups is 1. The first-order valence-electron chi connectivity index (χ1n) is 4.95. The molecule has 0 atom stereocenters. The molecule has 0 amide bonds. The molecule has 68 valence electrons. The normalized spacial score (nSPS) is 25.2. The summed E-state index contributed by atoms with van der Waals surface area (Å²) in [7, 11) is 0. The van der Waals surface area contributed by atoms with Crippen LogP contribution >= 0.6 is 0 Å². The summed E-state index contributed by atoms with van der Waals surface area (Å²) in [5, 5.41) is 3.35. The van der Waals surface area contributed by atoms with Gasteiger partial charge >= 0.3 is 0 Å². The minimum Gasteiger partial charge on any atom is -0.373 e. The van der Waals surface area contributed by atoms with Gasteiger partial charge in [-0.2, -0.15) is 0 Å². The SMILES string of the molecule is C1CN=C(CN2CCCC2)NC1. The van der Waals surface area contributed by atoms with Gasteiger partial charge in [0.15, 0.2) is 0 Å². The second-order valence-electron chi connectivity index (χ2n) is 3.59. The Balaban J connectivity index is 1.80. The Labute approximate surface area is 73.9 Å². The van der Waals surface area contributed by atoms with Crippen molar-refractivity contribution in [3.8, 4) is 0 Å². The van der Waals surface area contributed by atoms with E-state index in [0.717, 1.165) is 19.6 Å². The first-order valence-corrected chi connectivity index (χ1v) is 4.95. The summed E-state index contributed by atoms with van der Waals surface area (Å²) < 4.78 is 0. The van der Waals surface area contributed by atoms with Crippen molar-refractivity contribution in [1.82, 2.24) is 10.2 Å². The molecule has 0 unspecified atom stereocenters. The molecule has 2 heterocycles. The third-order valence-corrected chi connectivity index (χ3v) is 2.54. The maximum atomic E-state index is 4.46. The first-order chi connectivity index (χ1) is 5.95. The predicted molar refractivity (Wildman–Crippen MR) is 50.6 cm³/mol. The lowest BCUT2D eigenvalue weighted by atomic mass is 10.3. The second kappa shape index (κ2) is 3.90. The molecule has 1 saturated heterocycles. The predicted octanol–water partition coefficient (Wildman–Crippen LogP) is 0.474. The van der Waals surface area contributed by atoms with Gasteiger partial charge in [0, 0.05) is 13.1 Å². The van der Waals surface area contributed by atoms with E-state index in [-0.39, 0.29) is 0 Å². The summed E-state index contributed by atoms with van der Waals surface area (Å²) in [6.45, 7) is 5.73. The van der Waals surface area contributed by atoms with Crippen LogP contribution in [0.1, 0.15) is 19.3 Å². The van der Waals surface area contributed by atoms with Crippen molar-refractivity contribution in [2.24, 2.45) is 4.99 Å². The summed E-state index contributed by atoms with van der Waals surface area (Å²) in [4.78, 5) is 6.94. The molecule has 0 spiro atoms. The van der Waals surface area contributed by atoms with Gasteiger partial charge in [-0.25, -0.2) is 0 Å². The molecule has 0 saturated carbocycles. The molecule has 2 aliphatic rings. The molecule has 0 aromatic carbocycles. The number of nitrogens with zero attached hydrogens (tertiary/aromatic N) is 2. The van der Waals surface area contributed by atoms with Crippen molar-refractivity contribution >= 4 is 5.84 Å². The maximum absolute atomic E-state index is 4.46. The zero-order valence-electron chi connectivity index (χ0n) is 7.55. The molecular weight excluding hydrogens is 150 g/mol. The number of likely N-dealkylation sites (tertiary alicyclic amines) is 1. The van der Waals surface area contributed by atoms with Crippen LogP contribution in [-0.2, 0) is 0 Å². The Morgan fingerprint density at radius 3 is 2.75 bits per heavy atom. The zero-order chi connectivity index (χ0) is 8.23. The van der Waals surface area contributed by atoms with E-state index in [0.29, 0.717) is 0 Å². The van der Waals surface area contributed by atoms with Crippen LogP contribution in [0.3, 0.4) is 0 Å². The molecule has 0 aromatic heterocycles. The minimum atomic E-state index is 1.02. The van der Waals surface area contributed by atoms with Gasteiger partial charge in [-0.05, 0) is 32.4 Å². The standard InChI is InChI=1S/C9H17N3/c1-2-7-12(6-1)8-9-10-4-3-5-11-9/h1-8H2,(H,10,11). The summed E-state index contributed by atoms with van der Waals surface area (Å²) in [6, 6.07) is 0. The quantitative estimate of drug-likeness (QED) is 0.647. The van der Waals surface area contributed by atoms with E-state index >= 15 is 0 Å². The van der Waals surface area contributed by atoms with E-state index < -0.39 is 0 Å². The van der Waals surface area contributed by atoms with Crippen LogP contribution in [0.4, 0.5) is 0 Å². The van der Waals surface area contributed by atoms with Crippen LogP contribution in [0.5, 0.6) is 0 Å². The highest BCUT2D eigenvalue weighted by molar-refractivity contribution is 5.84. The topological polar surface area (TPSA) is 27.6 Å². The van der Waals surface area contributed by atoms with Gasteiger partial charge < -0.3 is 5.32 Å². The summed E-state index contributed by atoms with van der Waals surface area (Å²) >= 11 is 0. The molecular formula is C9H17N3. The Hall–Kier alpha value is -0.570. The fourth-order valence-corrected chi connectivity index (χ4v) is 1.84. The third-order valence-electron chi connectivity index (χ3n) is 2.54. The number of hydrogen-bond acceptors (Lipinski definition) is 3. The van der Waals surface area contributed by atoms with Gasteiger partial charge in [0.05, 0.1) is 6.54 Å². The van der Waals surface area contributed by atoms with E-state index in [2.05, 4.69) is 15.2 Å². The smallest absolute Gasteiger partial charge is 0.111 e. The van der Waals surface area contributed by atoms with Gasteiger partial charge in [0.2, 0.25) is 0 Å². The molecule has 3 nitrogen and oxygen atoms in total. The molecule has 0 radical (unpaired) electrons. The van der Waals surface area contributed by atoms with E-state index in [1.807, 2.05) is 0 Å². The van der Waals surface area contributed by atoms with E-state index in [1.165, 1.54) is 38.2 Å². The molecule has 3 heteroatoms. The first kappa shape index (κ1) is 8.05. The van der Waals surface area contributed by atoms with E-state index in [9.17, 15) is 0 Å². The van der Waals surface area contributed by atoms with Gasteiger partial charge in [-0.3, -0.25) is 9.89 Å². The molecule has 1 fully saturated rings. The molecule has 2 rings (SSSR count). The summed E-state index contributed by atoms with van der Waals surface area (Å²) in [5.41, 5.74) is 0. The summed E-state index contributed by atoms with van der Waals surface area (Å²) in [5.74, 6) is 1.21. The van der Waals surface area contributed by atoms with Crippen LogP contribution in [0.25, 0.3) is 0 Å². The van der Waals surface area contributed by atoms with Crippen molar-refractivity contribution in [1.29, 1.82) is 0 Å². The number of amidine groups is 1. The van der Waals surface area contributed by atoms with Crippen LogP contribution in [-0.4, -0.2) is 43.5 Å². The fourth-order valence-electron chi connectivity index (χ4n) is 1.84. The molecule has 12 heavy (non-hydrogen) atoms. The van der Waals surface area contributed by atoms with Crippen LogP contribution in [0.15, 0.2) is 4.99 Å². The highest BCUT2D eigenvalue weighted by atomic mass is 15.2. The number of nitrogens with one attached hydrogen (secondary N) is 1. The summed E-state index contributed by atoms with van der Waals surface area (Å²) in [6.07, 6.45) is 3.93.